The molecule has 2 atom stereocenters. The molecule has 0 heterocycles. The first-order valence-corrected chi connectivity index (χ1v) is 5.34. The minimum Gasteiger partial charge on any atom is -0.385 e. The Labute approximate surface area is 94.2 Å². The molecule has 1 amide bonds. The first-order chi connectivity index (χ1) is 7.25. The second-order valence-corrected chi connectivity index (χ2v) is 4.15. The van der Waals surface area contributed by atoms with Crippen molar-refractivity contribution in [2.24, 2.45) is 11.7 Å². The van der Waals surface area contributed by atoms with Gasteiger partial charge < -0.3 is 16.2 Å². The summed E-state index contributed by atoms with van der Waals surface area (Å²) in [4.78, 5) is 11.1. The van der Waals surface area contributed by atoms with E-state index in [0.29, 0.717) is 6.42 Å². The number of rotatable bonds is 6. The van der Waals surface area contributed by atoms with Crippen molar-refractivity contribution in [2.45, 2.75) is 45.3 Å². The Morgan fingerprint density at radius 3 is 2.38 bits per heavy atom. The molecule has 0 aromatic rings. The molecule has 0 aliphatic rings. The lowest BCUT2D eigenvalue weighted by atomic mass is 9.95. The van der Waals surface area contributed by atoms with Crippen LogP contribution in [0.15, 0.2) is 0 Å². The van der Waals surface area contributed by atoms with Crippen LogP contribution in [-0.2, 0) is 4.79 Å². The maximum absolute atomic E-state index is 13.4. The van der Waals surface area contributed by atoms with Crippen LogP contribution < -0.4 is 11.1 Å². The van der Waals surface area contributed by atoms with E-state index in [1.807, 2.05) is 5.32 Å². The molecule has 0 rings (SSSR count). The second-order valence-electron chi connectivity index (χ2n) is 4.15. The number of nitrogens with two attached hydrogens (primary N) is 1. The molecule has 0 aliphatic carbocycles. The third-order valence-electron chi connectivity index (χ3n) is 2.34. The van der Waals surface area contributed by atoms with Gasteiger partial charge in [0, 0.05) is 12.6 Å². The lowest BCUT2D eigenvalue weighted by Gasteiger charge is -2.28. The van der Waals surface area contributed by atoms with Gasteiger partial charge in [-0.05, 0) is 12.3 Å². The molecule has 1 unspecified atom stereocenters. The molecule has 0 aromatic heterocycles. The number of carbonyl (C=O) groups is 1. The lowest BCUT2D eigenvalue weighted by Crippen LogP contribution is -2.56. The first kappa shape index (κ1) is 15.2. The van der Waals surface area contributed by atoms with Gasteiger partial charge >= 0.3 is 5.92 Å². The van der Waals surface area contributed by atoms with Gasteiger partial charge in [0.25, 0.3) is 5.91 Å². The highest BCUT2D eigenvalue weighted by molar-refractivity contribution is 5.84. The summed E-state index contributed by atoms with van der Waals surface area (Å²) in [6, 6.07) is -1.14. The molecule has 0 radical (unpaired) electrons. The molecule has 4 nitrogen and oxygen atoms in total. The predicted octanol–water partition coefficient (Wildman–Crippen LogP) is 0.492. The van der Waals surface area contributed by atoms with Crippen molar-refractivity contribution >= 4 is 5.91 Å². The standard InChI is InChI=1S/C10H20F2N2O2/c1-4-5-14-9(16)10(11,12)8(15)7(13)6(2)3/h6-8,15H,4-5,13H2,1-3H3,(H,14,16)/t7-,8?/m0/s1. The normalized spacial score (nSPS) is 16.0. The zero-order chi connectivity index (χ0) is 12.9. The molecule has 0 fully saturated rings. The largest absolute Gasteiger partial charge is 0.385 e. The topological polar surface area (TPSA) is 75.3 Å². The van der Waals surface area contributed by atoms with E-state index in [-0.39, 0.29) is 12.5 Å². The van der Waals surface area contributed by atoms with Crippen LogP contribution in [0.3, 0.4) is 0 Å². The Hall–Kier alpha value is -0.750. The zero-order valence-corrected chi connectivity index (χ0v) is 9.84. The van der Waals surface area contributed by atoms with Gasteiger partial charge in [0.05, 0.1) is 0 Å². The van der Waals surface area contributed by atoms with Gasteiger partial charge in [-0.3, -0.25) is 4.79 Å². The maximum Gasteiger partial charge on any atom is 0.351 e. The van der Waals surface area contributed by atoms with Gasteiger partial charge in [0.1, 0.15) is 6.10 Å². The summed E-state index contributed by atoms with van der Waals surface area (Å²) < 4.78 is 26.8. The van der Waals surface area contributed by atoms with Gasteiger partial charge in [-0.1, -0.05) is 20.8 Å². The number of halogens is 2. The molecular weight excluding hydrogens is 218 g/mol. The molecule has 96 valence electrons. The summed E-state index contributed by atoms with van der Waals surface area (Å²) >= 11 is 0. The summed E-state index contributed by atoms with van der Waals surface area (Å²) in [5.41, 5.74) is 5.40. The van der Waals surface area contributed by atoms with Crippen LogP contribution in [0.4, 0.5) is 8.78 Å². The van der Waals surface area contributed by atoms with Gasteiger partial charge in [-0.2, -0.15) is 8.78 Å². The van der Waals surface area contributed by atoms with Crippen LogP contribution >= 0.6 is 0 Å². The molecular formula is C10H20F2N2O2. The number of alkyl halides is 2. The van der Waals surface area contributed by atoms with Crippen LogP contribution in [0.5, 0.6) is 0 Å². The maximum atomic E-state index is 13.4. The minimum atomic E-state index is -3.85. The van der Waals surface area contributed by atoms with E-state index >= 15 is 0 Å². The smallest absolute Gasteiger partial charge is 0.351 e. The number of hydrogen-bond acceptors (Lipinski definition) is 3. The highest BCUT2D eigenvalue weighted by atomic mass is 19.3. The molecule has 4 N–H and O–H groups in total. The SMILES string of the molecule is CCCNC(=O)C(F)(F)C(O)[C@@H](N)C(C)C. The summed E-state index contributed by atoms with van der Waals surface area (Å²) in [6.07, 6.45) is -1.61. The Morgan fingerprint density at radius 2 is 2.00 bits per heavy atom. The number of amides is 1. The molecule has 0 aromatic carbocycles. The molecule has 0 aliphatic heterocycles. The van der Waals surface area contributed by atoms with Crippen molar-refractivity contribution in [3.05, 3.63) is 0 Å². The van der Waals surface area contributed by atoms with Crippen molar-refractivity contribution < 1.29 is 18.7 Å². The summed E-state index contributed by atoms with van der Waals surface area (Å²) in [7, 11) is 0. The number of aliphatic hydroxyl groups excluding tert-OH is 1. The number of aliphatic hydroxyl groups is 1. The fraction of sp³-hybridized carbons (Fsp3) is 0.900. The highest BCUT2D eigenvalue weighted by Crippen LogP contribution is 2.23. The molecule has 0 bridgehead atoms. The lowest BCUT2D eigenvalue weighted by molar-refractivity contribution is -0.167. The van der Waals surface area contributed by atoms with E-state index in [1.54, 1.807) is 20.8 Å². The predicted molar refractivity (Wildman–Crippen MR) is 57.1 cm³/mol. The van der Waals surface area contributed by atoms with E-state index in [9.17, 15) is 18.7 Å². The quantitative estimate of drug-likeness (QED) is 0.630. The Bertz CT molecular complexity index is 235. The summed E-state index contributed by atoms with van der Waals surface area (Å²) in [6.45, 7) is 5.11. The molecule has 0 spiro atoms. The number of hydrogen-bond donors (Lipinski definition) is 3. The fourth-order valence-corrected chi connectivity index (χ4v) is 1.10. The van der Waals surface area contributed by atoms with Crippen molar-refractivity contribution in [2.75, 3.05) is 6.54 Å². The summed E-state index contributed by atoms with van der Waals surface area (Å²) in [5.74, 6) is -5.66. The Kier molecular flexibility index (Phi) is 5.81. The average Bonchev–Trinajstić information content (AvgIpc) is 2.23. The van der Waals surface area contributed by atoms with Gasteiger partial charge in [-0.25, -0.2) is 0 Å². The monoisotopic (exact) mass is 238 g/mol. The summed E-state index contributed by atoms with van der Waals surface area (Å²) in [5, 5.41) is 11.4. The fourth-order valence-electron chi connectivity index (χ4n) is 1.10. The highest BCUT2D eigenvalue weighted by Gasteiger charge is 2.49. The van der Waals surface area contributed by atoms with Crippen molar-refractivity contribution in [3.8, 4) is 0 Å². The molecule has 0 saturated heterocycles. The van der Waals surface area contributed by atoms with E-state index in [4.69, 9.17) is 5.73 Å². The van der Waals surface area contributed by atoms with Crippen LogP contribution in [0.1, 0.15) is 27.2 Å². The van der Waals surface area contributed by atoms with Gasteiger partial charge in [0.2, 0.25) is 0 Å². The van der Waals surface area contributed by atoms with Crippen molar-refractivity contribution in [1.82, 2.24) is 5.32 Å². The van der Waals surface area contributed by atoms with E-state index in [1.165, 1.54) is 0 Å². The van der Waals surface area contributed by atoms with Crippen molar-refractivity contribution in [1.29, 1.82) is 0 Å². The van der Waals surface area contributed by atoms with E-state index in [2.05, 4.69) is 0 Å². The van der Waals surface area contributed by atoms with E-state index in [0.717, 1.165) is 0 Å². The third-order valence-corrected chi connectivity index (χ3v) is 2.34. The average molecular weight is 238 g/mol. The molecule has 0 saturated carbocycles. The first-order valence-electron chi connectivity index (χ1n) is 5.34. The van der Waals surface area contributed by atoms with Crippen LogP contribution in [0.2, 0.25) is 0 Å². The molecule has 6 heteroatoms. The zero-order valence-electron chi connectivity index (χ0n) is 9.84. The van der Waals surface area contributed by atoms with Crippen LogP contribution in [0, 0.1) is 5.92 Å². The Morgan fingerprint density at radius 1 is 1.50 bits per heavy atom. The van der Waals surface area contributed by atoms with Gasteiger partial charge in [0.15, 0.2) is 0 Å². The number of carbonyl (C=O) groups excluding carboxylic acids is 1. The van der Waals surface area contributed by atoms with Crippen LogP contribution in [-0.4, -0.2) is 35.6 Å². The van der Waals surface area contributed by atoms with E-state index < -0.39 is 24.0 Å². The second kappa shape index (κ2) is 6.10. The number of nitrogens with one attached hydrogen (secondary N) is 1. The van der Waals surface area contributed by atoms with Gasteiger partial charge in [-0.15, -0.1) is 0 Å². The Balaban J connectivity index is 4.57. The van der Waals surface area contributed by atoms with Crippen LogP contribution in [0.25, 0.3) is 0 Å². The minimum absolute atomic E-state index is 0.151. The van der Waals surface area contributed by atoms with Crippen molar-refractivity contribution in [3.63, 3.8) is 0 Å². The third kappa shape index (κ3) is 3.68. The molecule has 16 heavy (non-hydrogen) atoms.